The van der Waals surface area contributed by atoms with Crippen LogP contribution in [0.5, 0.6) is 11.5 Å². The number of hydrogen-bond donors (Lipinski definition) is 1. The molecule has 2 heterocycles. The number of benzene rings is 2. The van der Waals surface area contributed by atoms with Gasteiger partial charge >= 0.3 is 0 Å². The van der Waals surface area contributed by atoms with Gasteiger partial charge in [-0.2, -0.15) is 0 Å². The molecule has 186 valence electrons. The Bertz CT molecular complexity index is 1340. The summed E-state index contributed by atoms with van der Waals surface area (Å²) in [5, 5.41) is 2.97. The molecule has 7 nitrogen and oxygen atoms in total. The number of carbonyl (C=O) groups excluding carboxylic acids is 1. The van der Waals surface area contributed by atoms with E-state index in [0.717, 1.165) is 36.9 Å². The summed E-state index contributed by atoms with van der Waals surface area (Å²) in [7, 11) is 3.14. The third kappa shape index (κ3) is 4.58. The molecular formula is C28H28FN3O4. The molecule has 0 radical (unpaired) electrons. The van der Waals surface area contributed by atoms with Gasteiger partial charge in [0.1, 0.15) is 17.3 Å². The molecule has 1 aliphatic carbocycles. The highest BCUT2D eigenvalue weighted by Crippen LogP contribution is 2.46. The number of aromatic nitrogens is 2. The lowest BCUT2D eigenvalue weighted by atomic mass is 9.94. The largest absolute Gasteiger partial charge is 0.497 e. The molecule has 0 aliphatic heterocycles. The standard InChI is InChI=1S/C28H28FN3O4/c1-34-21-15-22(31-28(33)23-9-6-14-36-23)25(24(16-21)35-2)27-26(18-10-12-19(29)13-11-18)30-17-32(27)20-7-4-3-5-8-20/h6,9-17,20H,3-5,7-8H2,1-2H3,(H,31,33). The molecule has 0 unspecified atom stereocenters. The summed E-state index contributed by atoms with van der Waals surface area (Å²) in [5.41, 5.74) is 3.40. The fourth-order valence-corrected chi connectivity index (χ4v) is 4.87. The lowest BCUT2D eigenvalue weighted by Crippen LogP contribution is -2.16. The van der Waals surface area contributed by atoms with Crippen LogP contribution in [0.25, 0.3) is 22.5 Å². The second-order valence-electron chi connectivity index (χ2n) is 8.83. The van der Waals surface area contributed by atoms with Gasteiger partial charge in [0.2, 0.25) is 0 Å². The quantitative estimate of drug-likeness (QED) is 0.312. The summed E-state index contributed by atoms with van der Waals surface area (Å²) in [6.45, 7) is 0. The second kappa shape index (κ2) is 10.3. The monoisotopic (exact) mass is 489 g/mol. The number of anilines is 1. The maximum atomic E-state index is 13.8. The average molecular weight is 490 g/mol. The van der Waals surface area contributed by atoms with Crippen molar-refractivity contribution < 1.29 is 23.1 Å². The zero-order valence-electron chi connectivity index (χ0n) is 20.3. The summed E-state index contributed by atoms with van der Waals surface area (Å²) in [5.74, 6) is 0.508. The molecule has 8 heteroatoms. The van der Waals surface area contributed by atoms with Crippen molar-refractivity contribution in [1.82, 2.24) is 9.55 Å². The van der Waals surface area contributed by atoms with Crippen LogP contribution < -0.4 is 14.8 Å². The van der Waals surface area contributed by atoms with Crippen molar-refractivity contribution in [2.45, 2.75) is 38.1 Å². The van der Waals surface area contributed by atoms with Crippen molar-refractivity contribution in [3.05, 3.63) is 72.7 Å². The van der Waals surface area contributed by atoms with E-state index in [2.05, 4.69) is 9.88 Å². The maximum Gasteiger partial charge on any atom is 0.291 e. The summed E-state index contributed by atoms with van der Waals surface area (Å²) in [6.07, 6.45) is 8.82. The first-order chi connectivity index (χ1) is 17.6. The topological polar surface area (TPSA) is 78.5 Å². The second-order valence-corrected chi connectivity index (χ2v) is 8.83. The molecule has 0 spiro atoms. The predicted molar refractivity (Wildman–Crippen MR) is 135 cm³/mol. The first-order valence-corrected chi connectivity index (χ1v) is 12.0. The van der Waals surface area contributed by atoms with Crippen molar-refractivity contribution in [2.24, 2.45) is 0 Å². The van der Waals surface area contributed by atoms with Gasteiger partial charge in [-0.3, -0.25) is 4.79 Å². The Morgan fingerprint density at radius 2 is 1.86 bits per heavy atom. The van der Waals surface area contributed by atoms with E-state index in [9.17, 15) is 9.18 Å². The molecule has 0 saturated heterocycles. The molecule has 1 fully saturated rings. The number of halogens is 1. The summed E-state index contributed by atoms with van der Waals surface area (Å²) in [6, 6.07) is 13.3. The van der Waals surface area contributed by atoms with Gasteiger partial charge in [0, 0.05) is 23.7 Å². The molecular weight excluding hydrogens is 461 g/mol. The first-order valence-electron chi connectivity index (χ1n) is 12.0. The number of hydrogen-bond acceptors (Lipinski definition) is 5. The summed E-state index contributed by atoms with van der Waals surface area (Å²) in [4.78, 5) is 17.8. The zero-order chi connectivity index (χ0) is 25.1. The number of methoxy groups -OCH3 is 2. The molecule has 1 aliphatic rings. The number of furan rings is 1. The molecule has 0 atom stereocenters. The van der Waals surface area contributed by atoms with Gasteiger partial charge in [0.15, 0.2) is 5.76 Å². The van der Waals surface area contributed by atoms with Crippen LogP contribution in [0.3, 0.4) is 0 Å². The summed E-state index contributed by atoms with van der Waals surface area (Å²) < 4.78 is 32.5. The maximum absolute atomic E-state index is 13.8. The van der Waals surface area contributed by atoms with Gasteiger partial charge in [-0.05, 0) is 49.2 Å². The molecule has 1 saturated carbocycles. The minimum atomic E-state index is -0.399. The average Bonchev–Trinajstić information content (AvgIpc) is 3.60. The van der Waals surface area contributed by atoms with Crippen molar-refractivity contribution >= 4 is 11.6 Å². The molecule has 0 bridgehead atoms. The van der Waals surface area contributed by atoms with Crippen LogP contribution in [-0.2, 0) is 0 Å². The highest BCUT2D eigenvalue weighted by Gasteiger charge is 2.28. The third-order valence-electron chi connectivity index (χ3n) is 6.64. The lowest BCUT2D eigenvalue weighted by Gasteiger charge is -2.26. The Morgan fingerprint density at radius 3 is 2.53 bits per heavy atom. The Morgan fingerprint density at radius 1 is 1.08 bits per heavy atom. The Kier molecular flexibility index (Phi) is 6.75. The van der Waals surface area contributed by atoms with E-state index in [0.29, 0.717) is 28.4 Å². The predicted octanol–water partition coefficient (Wildman–Crippen LogP) is 6.72. The van der Waals surface area contributed by atoms with E-state index in [1.807, 2.05) is 6.33 Å². The number of nitrogens with one attached hydrogen (secondary N) is 1. The normalized spacial score (nSPS) is 14.0. The number of ether oxygens (including phenoxy) is 2. The van der Waals surface area contributed by atoms with E-state index < -0.39 is 5.91 Å². The van der Waals surface area contributed by atoms with Crippen molar-refractivity contribution in [3.8, 4) is 34.0 Å². The van der Waals surface area contributed by atoms with Crippen LogP contribution in [0.2, 0.25) is 0 Å². The van der Waals surface area contributed by atoms with Crippen molar-refractivity contribution in [3.63, 3.8) is 0 Å². The van der Waals surface area contributed by atoms with Gasteiger partial charge < -0.3 is 23.8 Å². The Balaban J connectivity index is 1.73. The van der Waals surface area contributed by atoms with Crippen molar-refractivity contribution in [1.29, 1.82) is 0 Å². The fraction of sp³-hybridized carbons (Fsp3) is 0.286. The number of imidazole rings is 1. The minimum absolute atomic E-state index is 0.183. The summed E-state index contributed by atoms with van der Waals surface area (Å²) >= 11 is 0. The number of carbonyl (C=O) groups is 1. The van der Waals surface area contributed by atoms with Crippen LogP contribution in [0.4, 0.5) is 10.1 Å². The Labute approximate surface area is 208 Å². The highest BCUT2D eigenvalue weighted by molar-refractivity contribution is 6.06. The van der Waals surface area contributed by atoms with Crippen molar-refractivity contribution in [2.75, 3.05) is 19.5 Å². The minimum Gasteiger partial charge on any atom is -0.497 e. The lowest BCUT2D eigenvalue weighted by molar-refractivity contribution is 0.0996. The molecule has 2 aromatic heterocycles. The van der Waals surface area contributed by atoms with Crippen LogP contribution in [0.1, 0.15) is 48.7 Å². The SMILES string of the molecule is COc1cc(NC(=O)c2ccco2)c(-c2c(-c3ccc(F)cc3)ncn2C2CCCCC2)c(OC)c1. The number of nitrogens with zero attached hydrogens (tertiary/aromatic N) is 2. The smallest absolute Gasteiger partial charge is 0.291 e. The van der Waals surface area contributed by atoms with Crippen LogP contribution in [-0.4, -0.2) is 29.7 Å². The van der Waals surface area contributed by atoms with Crippen LogP contribution in [0.15, 0.2) is 65.5 Å². The van der Waals surface area contributed by atoms with Crippen LogP contribution in [0, 0.1) is 5.82 Å². The first kappa shape index (κ1) is 23.7. The van der Waals surface area contributed by atoms with Gasteiger partial charge in [0.05, 0.1) is 49.4 Å². The van der Waals surface area contributed by atoms with Gasteiger partial charge in [0.25, 0.3) is 5.91 Å². The van der Waals surface area contributed by atoms with Gasteiger partial charge in [-0.25, -0.2) is 9.37 Å². The van der Waals surface area contributed by atoms with Gasteiger partial charge in [-0.15, -0.1) is 0 Å². The van der Waals surface area contributed by atoms with E-state index in [4.69, 9.17) is 18.9 Å². The van der Waals surface area contributed by atoms with E-state index in [1.165, 1.54) is 24.8 Å². The number of rotatable bonds is 7. The van der Waals surface area contributed by atoms with E-state index >= 15 is 0 Å². The van der Waals surface area contributed by atoms with Gasteiger partial charge in [-0.1, -0.05) is 19.3 Å². The number of amides is 1. The molecule has 2 aromatic carbocycles. The highest BCUT2D eigenvalue weighted by atomic mass is 19.1. The van der Waals surface area contributed by atoms with E-state index in [1.54, 1.807) is 50.6 Å². The molecule has 1 amide bonds. The molecule has 5 rings (SSSR count). The third-order valence-corrected chi connectivity index (χ3v) is 6.64. The molecule has 1 N–H and O–H groups in total. The fourth-order valence-electron chi connectivity index (χ4n) is 4.87. The van der Waals surface area contributed by atoms with E-state index in [-0.39, 0.29) is 17.6 Å². The van der Waals surface area contributed by atoms with Crippen LogP contribution >= 0.6 is 0 Å². The zero-order valence-corrected chi connectivity index (χ0v) is 20.3. The Hall–Kier alpha value is -4.07. The molecule has 36 heavy (non-hydrogen) atoms. The molecule has 4 aromatic rings.